The number of nitrogens with one attached hydrogen (secondary N) is 1. The number of carboxylic acids is 1. The Morgan fingerprint density at radius 2 is 2.20 bits per heavy atom. The molecule has 0 heterocycles. The average Bonchev–Trinajstić information content (AvgIpc) is 2.89. The normalized spacial score (nSPS) is 25.7. The third-order valence-corrected chi connectivity index (χ3v) is 2.69. The van der Waals surface area contributed by atoms with Crippen LogP contribution in [0.15, 0.2) is 0 Å². The van der Waals surface area contributed by atoms with Crippen molar-refractivity contribution in [3.05, 3.63) is 0 Å². The molecular formula is C10H17NO4. The Morgan fingerprint density at radius 1 is 1.60 bits per heavy atom. The second-order valence-electron chi connectivity index (χ2n) is 4.02. The predicted octanol–water partition coefficient (Wildman–Crippen LogP) is 0.248. The van der Waals surface area contributed by atoms with Gasteiger partial charge in [0.1, 0.15) is 0 Å². The lowest BCUT2D eigenvalue weighted by molar-refractivity contribution is -0.140. The fourth-order valence-corrected chi connectivity index (χ4v) is 1.47. The van der Waals surface area contributed by atoms with Gasteiger partial charge in [-0.1, -0.05) is 6.92 Å². The van der Waals surface area contributed by atoms with Gasteiger partial charge >= 0.3 is 5.97 Å². The first kappa shape index (κ1) is 12.0. The quantitative estimate of drug-likeness (QED) is 0.666. The molecule has 5 heteroatoms. The zero-order chi connectivity index (χ0) is 11.4. The molecule has 86 valence electrons. The van der Waals surface area contributed by atoms with Crippen LogP contribution in [0.2, 0.25) is 0 Å². The summed E-state index contributed by atoms with van der Waals surface area (Å²) in [6, 6.07) is 0. The summed E-state index contributed by atoms with van der Waals surface area (Å²) in [5.41, 5.74) is 0. The Kier molecular flexibility index (Phi) is 4.08. The van der Waals surface area contributed by atoms with Gasteiger partial charge in [-0.25, -0.2) is 0 Å². The second kappa shape index (κ2) is 5.11. The van der Waals surface area contributed by atoms with Crippen molar-refractivity contribution in [2.24, 2.45) is 11.8 Å². The molecule has 0 saturated heterocycles. The molecule has 0 aliphatic heterocycles. The van der Waals surface area contributed by atoms with Crippen LogP contribution in [0.3, 0.4) is 0 Å². The molecule has 1 aliphatic carbocycles. The van der Waals surface area contributed by atoms with E-state index in [1.807, 2.05) is 6.92 Å². The fourth-order valence-electron chi connectivity index (χ4n) is 1.47. The van der Waals surface area contributed by atoms with Crippen molar-refractivity contribution >= 4 is 11.9 Å². The average molecular weight is 215 g/mol. The second-order valence-corrected chi connectivity index (χ2v) is 4.02. The molecule has 3 atom stereocenters. The van der Waals surface area contributed by atoms with E-state index < -0.39 is 12.1 Å². The van der Waals surface area contributed by atoms with Crippen LogP contribution in [0.5, 0.6) is 0 Å². The van der Waals surface area contributed by atoms with Crippen molar-refractivity contribution in [1.82, 2.24) is 5.32 Å². The number of ether oxygens (including phenoxy) is 1. The molecule has 1 saturated carbocycles. The van der Waals surface area contributed by atoms with Crippen molar-refractivity contribution < 1.29 is 19.4 Å². The van der Waals surface area contributed by atoms with Gasteiger partial charge in [-0.15, -0.1) is 0 Å². The molecule has 0 bridgehead atoms. The van der Waals surface area contributed by atoms with Crippen LogP contribution in [0.1, 0.15) is 19.8 Å². The van der Waals surface area contributed by atoms with E-state index in [2.05, 4.69) is 5.32 Å². The van der Waals surface area contributed by atoms with Gasteiger partial charge in [0, 0.05) is 19.6 Å². The van der Waals surface area contributed by atoms with Crippen molar-refractivity contribution in [2.75, 3.05) is 13.7 Å². The van der Waals surface area contributed by atoms with Crippen LogP contribution < -0.4 is 5.32 Å². The zero-order valence-corrected chi connectivity index (χ0v) is 9.03. The van der Waals surface area contributed by atoms with Gasteiger partial charge < -0.3 is 15.2 Å². The number of rotatable bonds is 6. The first-order chi connectivity index (χ1) is 7.04. The van der Waals surface area contributed by atoms with Crippen LogP contribution in [0.4, 0.5) is 0 Å². The number of methoxy groups -OCH3 is 1. The van der Waals surface area contributed by atoms with Crippen molar-refractivity contribution in [3.63, 3.8) is 0 Å². The van der Waals surface area contributed by atoms with E-state index in [-0.39, 0.29) is 24.8 Å². The van der Waals surface area contributed by atoms with E-state index in [0.717, 1.165) is 6.42 Å². The van der Waals surface area contributed by atoms with Gasteiger partial charge in [-0.2, -0.15) is 0 Å². The maximum absolute atomic E-state index is 11.4. The number of aliphatic carboxylic acids is 1. The zero-order valence-electron chi connectivity index (χ0n) is 9.03. The molecule has 1 aliphatic rings. The molecule has 15 heavy (non-hydrogen) atoms. The smallest absolute Gasteiger partial charge is 0.306 e. The first-order valence-corrected chi connectivity index (χ1v) is 5.07. The predicted molar refractivity (Wildman–Crippen MR) is 53.3 cm³/mol. The molecule has 2 N–H and O–H groups in total. The minimum Gasteiger partial charge on any atom is -0.481 e. The maximum Gasteiger partial charge on any atom is 0.306 e. The first-order valence-electron chi connectivity index (χ1n) is 5.07. The summed E-state index contributed by atoms with van der Waals surface area (Å²) in [4.78, 5) is 21.8. The van der Waals surface area contributed by atoms with E-state index in [1.165, 1.54) is 7.11 Å². The van der Waals surface area contributed by atoms with E-state index in [0.29, 0.717) is 5.92 Å². The summed E-state index contributed by atoms with van der Waals surface area (Å²) >= 11 is 0. The van der Waals surface area contributed by atoms with Crippen LogP contribution in [0.25, 0.3) is 0 Å². The highest BCUT2D eigenvalue weighted by molar-refractivity contribution is 5.81. The Bertz CT molecular complexity index is 254. The van der Waals surface area contributed by atoms with Gasteiger partial charge in [-0.05, 0) is 12.3 Å². The molecule has 3 unspecified atom stereocenters. The number of amides is 1. The topological polar surface area (TPSA) is 75.6 Å². The molecule has 0 spiro atoms. The van der Waals surface area contributed by atoms with Gasteiger partial charge in [0.05, 0.1) is 12.5 Å². The SMILES string of the molecule is COC(CNC(=O)C1CC1C)CC(=O)O. The van der Waals surface area contributed by atoms with E-state index in [4.69, 9.17) is 9.84 Å². The highest BCUT2D eigenvalue weighted by atomic mass is 16.5. The monoisotopic (exact) mass is 215 g/mol. The van der Waals surface area contributed by atoms with E-state index in [1.54, 1.807) is 0 Å². The summed E-state index contributed by atoms with van der Waals surface area (Å²) < 4.78 is 4.94. The Labute approximate surface area is 88.8 Å². The third-order valence-electron chi connectivity index (χ3n) is 2.69. The summed E-state index contributed by atoms with van der Waals surface area (Å²) in [7, 11) is 1.44. The minimum atomic E-state index is -0.920. The molecule has 1 amide bonds. The van der Waals surface area contributed by atoms with Gasteiger partial charge in [-0.3, -0.25) is 9.59 Å². The lowest BCUT2D eigenvalue weighted by Gasteiger charge is -2.13. The Morgan fingerprint density at radius 3 is 2.60 bits per heavy atom. The van der Waals surface area contributed by atoms with Crippen molar-refractivity contribution in [2.45, 2.75) is 25.9 Å². The standard InChI is InChI=1S/C10H17NO4/c1-6-3-8(6)10(14)11-5-7(15-2)4-9(12)13/h6-8H,3-5H2,1-2H3,(H,11,14)(H,12,13). The summed E-state index contributed by atoms with van der Waals surface area (Å²) in [6.07, 6.45) is 0.403. The molecule has 1 rings (SSSR count). The van der Waals surface area contributed by atoms with Crippen LogP contribution in [0, 0.1) is 11.8 Å². The Hall–Kier alpha value is -1.10. The highest BCUT2D eigenvalue weighted by Gasteiger charge is 2.39. The summed E-state index contributed by atoms with van der Waals surface area (Å²) in [5.74, 6) is -0.330. The van der Waals surface area contributed by atoms with Gasteiger partial charge in [0.2, 0.25) is 5.91 Å². The van der Waals surface area contributed by atoms with E-state index >= 15 is 0 Å². The molecule has 1 fully saturated rings. The van der Waals surface area contributed by atoms with Crippen LogP contribution in [-0.4, -0.2) is 36.7 Å². The molecule has 0 radical (unpaired) electrons. The maximum atomic E-state index is 11.4. The van der Waals surface area contributed by atoms with Crippen LogP contribution >= 0.6 is 0 Å². The van der Waals surface area contributed by atoms with Crippen LogP contribution in [-0.2, 0) is 14.3 Å². The largest absolute Gasteiger partial charge is 0.481 e. The van der Waals surface area contributed by atoms with Gasteiger partial charge in [0.25, 0.3) is 0 Å². The summed E-state index contributed by atoms with van der Waals surface area (Å²) in [5, 5.41) is 11.3. The number of hydrogen-bond donors (Lipinski definition) is 2. The minimum absolute atomic E-state index is 0.00920. The lowest BCUT2D eigenvalue weighted by Crippen LogP contribution is -2.35. The molecule has 0 aromatic carbocycles. The third kappa shape index (κ3) is 3.87. The number of carbonyl (C=O) groups is 2. The molecule has 0 aromatic rings. The molecular weight excluding hydrogens is 198 g/mol. The molecule has 5 nitrogen and oxygen atoms in total. The fraction of sp³-hybridized carbons (Fsp3) is 0.800. The summed E-state index contributed by atoms with van der Waals surface area (Å²) in [6.45, 7) is 2.29. The number of carbonyl (C=O) groups excluding carboxylic acids is 1. The van der Waals surface area contributed by atoms with Crippen molar-refractivity contribution in [3.8, 4) is 0 Å². The van der Waals surface area contributed by atoms with Gasteiger partial charge in [0.15, 0.2) is 0 Å². The number of carboxylic acid groups (broad SMARTS) is 1. The Balaban J connectivity index is 2.21. The highest BCUT2D eigenvalue weighted by Crippen LogP contribution is 2.37. The number of hydrogen-bond acceptors (Lipinski definition) is 3. The van der Waals surface area contributed by atoms with Crippen molar-refractivity contribution in [1.29, 1.82) is 0 Å². The lowest BCUT2D eigenvalue weighted by atomic mass is 10.2. The van der Waals surface area contributed by atoms with E-state index in [9.17, 15) is 9.59 Å². The molecule has 0 aromatic heterocycles.